The van der Waals surface area contributed by atoms with Gasteiger partial charge in [0.05, 0.1) is 11.6 Å². The molecule has 2 amide bonds. The smallest absolute Gasteiger partial charge is 0.254 e. The molecule has 2 saturated carbocycles. The van der Waals surface area contributed by atoms with Crippen LogP contribution in [-0.2, 0) is 11.3 Å². The Hall–Kier alpha value is -3.17. The lowest BCUT2D eigenvalue weighted by Gasteiger charge is -2.38. The van der Waals surface area contributed by atoms with E-state index in [2.05, 4.69) is 11.4 Å². The Kier molecular flexibility index (Phi) is 6.87. The first-order valence-electron chi connectivity index (χ1n) is 11.5. The number of nitriles is 1. The lowest BCUT2D eigenvalue weighted by atomic mass is 9.85. The molecule has 166 valence electrons. The van der Waals surface area contributed by atoms with Crippen molar-refractivity contribution in [2.45, 2.75) is 63.6 Å². The lowest BCUT2D eigenvalue weighted by molar-refractivity contribution is -0.122. The Balaban J connectivity index is 1.51. The molecule has 2 atom stereocenters. The van der Waals surface area contributed by atoms with Crippen molar-refractivity contribution in [1.29, 1.82) is 5.26 Å². The number of nitrogens with zero attached hydrogens (tertiary/aromatic N) is 2. The molecule has 6 heteroatoms. The van der Waals surface area contributed by atoms with E-state index in [-0.39, 0.29) is 29.8 Å². The summed E-state index contributed by atoms with van der Waals surface area (Å²) < 4.78 is 0. The molecule has 2 unspecified atom stereocenters. The van der Waals surface area contributed by atoms with Crippen LogP contribution in [0.25, 0.3) is 0 Å². The van der Waals surface area contributed by atoms with E-state index in [1.807, 2.05) is 29.2 Å². The minimum absolute atomic E-state index is 0.0233. The number of benzene rings is 2. The minimum atomic E-state index is -0.0702. The van der Waals surface area contributed by atoms with Crippen molar-refractivity contribution in [3.8, 4) is 6.07 Å². The predicted octanol–water partition coefficient (Wildman–Crippen LogP) is 4.21. The number of carbonyl (C=O) groups excluding carboxylic acids is 2. The fraction of sp³-hybridized carbons (Fsp3) is 0.423. The van der Waals surface area contributed by atoms with Crippen LogP contribution in [0.4, 0.5) is 5.69 Å². The van der Waals surface area contributed by atoms with Crippen molar-refractivity contribution in [3.05, 3.63) is 65.2 Å². The fourth-order valence-corrected chi connectivity index (χ4v) is 4.52. The fourth-order valence-electron chi connectivity index (χ4n) is 4.52. The number of rotatable bonds is 6. The van der Waals surface area contributed by atoms with Crippen LogP contribution in [-0.4, -0.2) is 28.8 Å². The van der Waals surface area contributed by atoms with E-state index in [1.165, 1.54) is 0 Å². The summed E-state index contributed by atoms with van der Waals surface area (Å²) in [6, 6.07) is 16.5. The molecule has 0 saturated heterocycles. The number of nitrogens with one attached hydrogen (secondary N) is 1. The van der Waals surface area contributed by atoms with E-state index in [9.17, 15) is 9.59 Å². The number of amides is 2. The van der Waals surface area contributed by atoms with Gasteiger partial charge in [0.1, 0.15) is 0 Å². The molecule has 3 N–H and O–H groups in total. The number of anilines is 1. The zero-order valence-corrected chi connectivity index (χ0v) is 18.3. The summed E-state index contributed by atoms with van der Waals surface area (Å²) in [4.78, 5) is 27.5. The Morgan fingerprint density at radius 2 is 1.66 bits per heavy atom. The first kappa shape index (κ1) is 22.0. The third kappa shape index (κ3) is 5.00. The Bertz CT molecular complexity index is 990. The molecule has 0 bridgehead atoms. The molecule has 32 heavy (non-hydrogen) atoms. The molecule has 2 aliphatic carbocycles. The highest BCUT2D eigenvalue weighted by molar-refractivity contribution is 5.95. The van der Waals surface area contributed by atoms with Gasteiger partial charge in [0.2, 0.25) is 5.91 Å². The Morgan fingerprint density at radius 3 is 2.25 bits per heavy atom. The molecule has 2 aromatic carbocycles. The van der Waals surface area contributed by atoms with Crippen LogP contribution in [0, 0.1) is 17.2 Å². The molecule has 0 aromatic heterocycles. The van der Waals surface area contributed by atoms with Gasteiger partial charge in [-0.2, -0.15) is 5.26 Å². The van der Waals surface area contributed by atoms with Crippen LogP contribution in [0.3, 0.4) is 0 Å². The Labute approximate surface area is 189 Å². The van der Waals surface area contributed by atoms with Gasteiger partial charge in [-0.3, -0.25) is 9.59 Å². The van der Waals surface area contributed by atoms with E-state index in [0.29, 0.717) is 17.7 Å². The van der Waals surface area contributed by atoms with Gasteiger partial charge in [0.25, 0.3) is 5.91 Å². The summed E-state index contributed by atoms with van der Waals surface area (Å²) >= 11 is 0. The highest BCUT2D eigenvalue weighted by Gasteiger charge is 2.31. The molecular formula is C26H30N4O2. The Morgan fingerprint density at radius 1 is 0.969 bits per heavy atom. The van der Waals surface area contributed by atoms with Crippen molar-refractivity contribution >= 4 is 17.5 Å². The average molecular weight is 431 g/mol. The maximum absolute atomic E-state index is 13.5. The zero-order valence-electron chi connectivity index (χ0n) is 18.3. The third-order valence-electron chi connectivity index (χ3n) is 6.75. The predicted molar refractivity (Wildman–Crippen MR) is 124 cm³/mol. The molecule has 6 nitrogen and oxygen atoms in total. The molecular weight excluding hydrogens is 400 g/mol. The zero-order chi connectivity index (χ0) is 22.5. The summed E-state index contributed by atoms with van der Waals surface area (Å²) in [5, 5.41) is 12.0. The van der Waals surface area contributed by atoms with Crippen molar-refractivity contribution < 1.29 is 9.59 Å². The molecule has 2 fully saturated rings. The molecule has 2 aliphatic rings. The standard InChI is InChI=1S/C26H30N4O2/c27-16-18-8-12-21(13-9-18)26(32)30(24-7-2-1-6-23(24)28)17-19-10-14-22(15-11-19)29-25(31)20-4-3-5-20/h8-15,20,23-24H,1-7,17,28H2,(H,29,31). The second kappa shape index (κ2) is 9.97. The number of hydrogen-bond donors (Lipinski definition) is 2. The van der Waals surface area contributed by atoms with Gasteiger partial charge in [0.15, 0.2) is 0 Å². The largest absolute Gasteiger partial charge is 0.330 e. The average Bonchev–Trinajstić information content (AvgIpc) is 2.77. The minimum Gasteiger partial charge on any atom is -0.330 e. The van der Waals surface area contributed by atoms with E-state index in [1.54, 1.807) is 24.3 Å². The molecule has 0 aliphatic heterocycles. The van der Waals surface area contributed by atoms with Crippen LogP contribution in [0.5, 0.6) is 0 Å². The van der Waals surface area contributed by atoms with Crippen LogP contribution >= 0.6 is 0 Å². The van der Waals surface area contributed by atoms with Crippen LogP contribution in [0.1, 0.15) is 66.4 Å². The first-order chi connectivity index (χ1) is 15.5. The van der Waals surface area contributed by atoms with E-state index in [4.69, 9.17) is 11.0 Å². The molecule has 0 radical (unpaired) electrons. The summed E-state index contributed by atoms with van der Waals surface area (Å²) in [7, 11) is 0. The summed E-state index contributed by atoms with van der Waals surface area (Å²) in [6.45, 7) is 0.452. The van der Waals surface area contributed by atoms with Crippen molar-refractivity contribution in [2.75, 3.05) is 5.32 Å². The van der Waals surface area contributed by atoms with Gasteiger partial charge in [-0.1, -0.05) is 31.4 Å². The van der Waals surface area contributed by atoms with Crippen LogP contribution in [0.15, 0.2) is 48.5 Å². The number of nitrogens with two attached hydrogens (primary N) is 1. The normalized spacial score (nSPS) is 20.6. The van der Waals surface area contributed by atoms with Gasteiger partial charge in [-0.25, -0.2) is 0 Å². The summed E-state index contributed by atoms with van der Waals surface area (Å²) in [5.74, 6) is 0.164. The van der Waals surface area contributed by atoms with Crippen molar-refractivity contribution in [3.63, 3.8) is 0 Å². The monoisotopic (exact) mass is 430 g/mol. The van der Waals surface area contributed by atoms with Crippen LogP contribution < -0.4 is 11.1 Å². The first-order valence-corrected chi connectivity index (χ1v) is 11.5. The van der Waals surface area contributed by atoms with E-state index in [0.717, 1.165) is 56.2 Å². The molecule has 0 spiro atoms. The third-order valence-corrected chi connectivity index (χ3v) is 6.75. The quantitative estimate of drug-likeness (QED) is 0.717. The highest BCUT2D eigenvalue weighted by atomic mass is 16.2. The van der Waals surface area contributed by atoms with E-state index < -0.39 is 0 Å². The van der Waals surface area contributed by atoms with Gasteiger partial charge >= 0.3 is 0 Å². The molecule has 2 aromatic rings. The second-order valence-corrected chi connectivity index (χ2v) is 8.95. The summed E-state index contributed by atoms with van der Waals surface area (Å²) in [6.07, 6.45) is 7.01. The maximum atomic E-state index is 13.5. The highest BCUT2D eigenvalue weighted by Crippen LogP contribution is 2.28. The van der Waals surface area contributed by atoms with Gasteiger partial charge in [-0.15, -0.1) is 0 Å². The molecule has 4 rings (SSSR count). The second-order valence-electron chi connectivity index (χ2n) is 8.95. The lowest BCUT2D eigenvalue weighted by Crippen LogP contribution is -2.51. The SMILES string of the molecule is N#Cc1ccc(C(=O)N(Cc2ccc(NC(=O)C3CCC3)cc2)C2CCCCC2N)cc1. The van der Waals surface area contributed by atoms with Gasteiger partial charge < -0.3 is 16.0 Å². The van der Waals surface area contributed by atoms with Gasteiger partial charge in [-0.05, 0) is 67.6 Å². The summed E-state index contributed by atoms with van der Waals surface area (Å²) in [5.41, 5.74) is 9.30. The van der Waals surface area contributed by atoms with Gasteiger partial charge in [0, 0.05) is 35.8 Å². The van der Waals surface area contributed by atoms with E-state index >= 15 is 0 Å². The maximum Gasteiger partial charge on any atom is 0.254 e. The number of carbonyl (C=O) groups is 2. The topological polar surface area (TPSA) is 99.2 Å². The molecule has 0 heterocycles. The van der Waals surface area contributed by atoms with Crippen LogP contribution in [0.2, 0.25) is 0 Å². The van der Waals surface area contributed by atoms with Crippen molar-refractivity contribution in [2.24, 2.45) is 11.7 Å². The van der Waals surface area contributed by atoms with Crippen molar-refractivity contribution in [1.82, 2.24) is 4.90 Å². The number of hydrogen-bond acceptors (Lipinski definition) is 4.